The van der Waals surface area contributed by atoms with Crippen LogP contribution < -0.4 is 4.74 Å². The van der Waals surface area contributed by atoms with E-state index in [1.807, 2.05) is 12.1 Å². The summed E-state index contributed by atoms with van der Waals surface area (Å²) in [5, 5.41) is 0. The van der Waals surface area contributed by atoms with E-state index >= 15 is 0 Å². The highest BCUT2D eigenvalue weighted by Crippen LogP contribution is 2.26. The van der Waals surface area contributed by atoms with Gasteiger partial charge in [-0.3, -0.25) is 4.79 Å². The number of benzene rings is 1. The largest absolute Gasteiger partial charge is 0.573 e. The molecule has 0 radical (unpaired) electrons. The number of furan rings is 1. The molecule has 0 N–H and O–H groups in total. The van der Waals surface area contributed by atoms with E-state index in [4.69, 9.17) is 4.42 Å². The summed E-state index contributed by atoms with van der Waals surface area (Å²) in [6.07, 6.45) is 4.62. The van der Waals surface area contributed by atoms with Gasteiger partial charge in [-0.05, 0) is 60.5 Å². The van der Waals surface area contributed by atoms with Gasteiger partial charge in [-0.15, -0.1) is 13.2 Å². The first kappa shape index (κ1) is 16.8. The number of carbonyl (C=O) groups is 1. The molecule has 0 amide bonds. The Morgan fingerprint density at radius 2 is 1.88 bits per heavy atom. The van der Waals surface area contributed by atoms with Gasteiger partial charge in [0.2, 0.25) is 0 Å². The van der Waals surface area contributed by atoms with Crippen LogP contribution in [0.5, 0.6) is 5.75 Å². The average molecular weight is 346 g/mol. The Morgan fingerprint density at radius 1 is 1.12 bits per heavy atom. The summed E-state index contributed by atoms with van der Waals surface area (Å²) in [7, 11) is 0. The van der Waals surface area contributed by atoms with Crippen molar-refractivity contribution in [1.82, 2.24) is 0 Å². The van der Waals surface area contributed by atoms with Gasteiger partial charge in [0.1, 0.15) is 11.5 Å². The van der Waals surface area contributed by atoms with Crippen molar-refractivity contribution in [2.75, 3.05) is 0 Å². The van der Waals surface area contributed by atoms with Crippen molar-refractivity contribution < 1.29 is 27.1 Å². The molecule has 3 nitrogen and oxygen atoms in total. The highest BCUT2D eigenvalue weighted by molar-refractivity contribution is 6.11. The second-order valence-electron chi connectivity index (χ2n) is 5.33. The van der Waals surface area contributed by atoms with E-state index in [1.54, 1.807) is 30.6 Å². The lowest BCUT2D eigenvalue weighted by Gasteiger charge is -2.09. The smallest absolute Gasteiger partial charge is 0.465 e. The fourth-order valence-corrected chi connectivity index (χ4v) is 2.37. The molecule has 25 heavy (non-hydrogen) atoms. The molecule has 128 valence electrons. The Kier molecular flexibility index (Phi) is 4.61. The summed E-state index contributed by atoms with van der Waals surface area (Å²) >= 11 is 0. The van der Waals surface area contributed by atoms with E-state index in [0.717, 1.165) is 17.7 Å². The summed E-state index contributed by atoms with van der Waals surface area (Å²) in [4.78, 5) is 12.4. The lowest BCUT2D eigenvalue weighted by atomic mass is 10.0. The van der Waals surface area contributed by atoms with Crippen LogP contribution in [-0.4, -0.2) is 12.1 Å². The molecule has 0 saturated carbocycles. The molecular weight excluding hydrogens is 333 g/mol. The number of Topliss-reactive ketones (excluding diaryl/α,β-unsaturated/α-hetero) is 1. The lowest BCUT2D eigenvalue weighted by molar-refractivity contribution is -0.274. The van der Waals surface area contributed by atoms with Gasteiger partial charge in [-0.2, -0.15) is 0 Å². The van der Waals surface area contributed by atoms with Crippen LogP contribution in [0, 0.1) is 0 Å². The van der Waals surface area contributed by atoms with Crippen molar-refractivity contribution >= 4 is 11.9 Å². The van der Waals surface area contributed by atoms with Crippen molar-refractivity contribution in [2.45, 2.75) is 12.8 Å². The fourth-order valence-electron chi connectivity index (χ4n) is 2.37. The second-order valence-corrected chi connectivity index (χ2v) is 5.33. The summed E-state index contributed by atoms with van der Waals surface area (Å²) in [5.74, 6) is 0.1000. The number of halogens is 3. The van der Waals surface area contributed by atoms with E-state index in [1.165, 1.54) is 12.1 Å². The Morgan fingerprint density at radius 3 is 2.52 bits per heavy atom. The molecule has 3 rings (SSSR count). The number of ketones is 1. The SMILES string of the molecule is O=C(C1=CCC(/C=C/c2ccco2)=C1)c1ccc(OC(F)(F)F)cc1. The van der Waals surface area contributed by atoms with Crippen LogP contribution in [0.4, 0.5) is 13.2 Å². The van der Waals surface area contributed by atoms with E-state index < -0.39 is 6.36 Å². The minimum absolute atomic E-state index is 0.250. The zero-order valence-electron chi connectivity index (χ0n) is 12.9. The molecular formula is C19H13F3O3. The zero-order valence-corrected chi connectivity index (χ0v) is 12.9. The molecule has 1 heterocycles. The standard InChI is InChI=1S/C19H13F3O3/c20-19(21,22)25-17-9-6-14(7-10-17)18(23)15-5-3-13(12-15)4-8-16-2-1-11-24-16/h1-2,4-12H,3H2/b8-4+. The third kappa shape index (κ3) is 4.50. The molecule has 0 atom stereocenters. The maximum atomic E-state index is 12.4. The topological polar surface area (TPSA) is 39.4 Å². The first-order chi connectivity index (χ1) is 11.9. The summed E-state index contributed by atoms with van der Waals surface area (Å²) in [6.45, 7) is 0. The first-order valence-electron chi connectivity index (χ1n) is 7.43. The summed E-state index contributed by atoms with van der Waals surface area (Å²) < 4.78 is 45.4. The average Bonchev–Trinajstić information content (AvgIpc) is 3.23. The van der Waals surface area contributed by atoms with Crippen molar-refractivity contribution in [2.24, 2.45) is 0 Å². The van der Waals surface area contributed by atoms with Crippen LogP contribution in [0.2, 0.25) is 0 Å². The Balaban J connectivity index is 1.67. The van der Waals surface area contributed by atoms with Gasteiger partial charge >= 0.3 is 6.36 Å². The quantitative estimate of drug-likeness (QED) is 0.687. The van der Waals surface area contributed by atoms with Crippen LogP contribution in [0.1, 0.15) is 22.5 Å². The molecule has 2 aromatic rings. The molecule has 1 aromatic carbocycles. The van der Waals surface area contributed by atoms with E-state index in [-0.39, 0.29) is 11.5 Å². The van der Waals surface area contributed by atoms with E-state index in [9.17, 15) is 18.0 Å². The van der Waals surface area contributed by atoms with Gasteiger partial charge in [0.05, 0.1) is 6.26 Å². The number of allylic oxidation sites excluding steroid dienone is 5. The van der Waals surface area contributed by atoms with Crippen molar-refractivity contribution in [3.8, 4) is 5.75 Å². The first-order valence-corrected chi connectivity index (χ1v) is 7.43. The van der Waals surface area contributed by atoms with Gasteiger partial charge in [-0.25, -0.2) is 0 Å². The summed E-state index contributed by atoms with van der Waals surface area (Å²) in [6, 6.07) is 8.47. The zero-order chi connectivity index (χ0) is 17.9. The number of alkyl halides is 3. The fraction of sp³-hybridized carbons (Fsp3) is 0.105. The number of carbonyl (C=O) groups excluding carboxylic acids is 1. The van der Waals surface area contributed by atoms with Gasteiger partial charge in [-0.1, -0.05) is 12.2 Å². The van der Waals surface area contributed by atoms with Gasteiger partial charge in [0.25, 0.3) is 0 Å². The number of hydrogen-bond donors (Lipinski definition) is 0. The molecule has 0 bridgehead atoms. The van der Waals surface area contributed by atoms with Crippen molar-refractivity contribution in [3.63, 3.8) is 0 Å². The Hall–Kier alpha value is -3.02. The minimum Gasteiger partial charge on any atom is -0.465 e. The molecule has 0 saturated heterocycles. The molecule has 0 fully saturated rings. The van der Waals surface area contributed by atoms with Crippen LogP contribution in [0.25, 0.3) is 6.08 Å². The normalized spacial score (nSPS) is 14.5. The molecule has 0 aliphatic heterocycles. The van der Waals surface area contributed by atoms with Gasteiger partial charge < -0.3 is 9.15 Å². The minimum atomic E-state index is -4.75. The second kappa shape index (κ2) is 6.84. The third-order valence-corrected chi connectivity index (χ3v) is 3.52. The Labute approximate surface area is 141 Å². The lowest BCUT2D eigenvalue weighted by Crippen LogP contribution is -2.17. The maximum absolute atomic E-state index is 12.4. The highest BCUT2D eigenvalue weighted by Gasteiger charge is 2.31. The van der Waals surface area contributed by atoms with Crippen LogP contribution >= 0.6 is 0 Å². The van der Waals surface area contributed by atoms with Crippen molar-refractivity contribution in [3.05, 3.63) is 83.4 Å². The predicted molar refractivity (Wildman–Crippen MR) is 86.0 cm³/mol. The van der Waals surface area contributed by atoms with Gasteiger partial charge in [0.15, 0.2) is 5.78 Å². The predicted octanol–water partition coefficient (Wildman–Crippen LogP) is 5.33. The maximum Gasteiger partial charge on any atom is 0.573 e. The summed E-state index contributed by atoms with van der Waals surface area (Å²) in [5.41, 5.74) is 1.74. The number of ether oxygens (including phenoxy) is 1. The van der Waals surface area contributed by atoms with Crippen LogP contribution in [0.3, 0.4) is 0 Å². The molecule has 6 heteroatoms. The molecule has 1 aliphatic carbocycles. The number of rotatable bonds is 5. The van der Waals surface area contributed by atoms with E-state index in [0.29, 0.717) is 23.3 Å². The monoisotopic (exact) mass is 346 g/mol. The molecule has 0 unspecified atom stereocenters. The molecule has 1 aromatic heterocycles. The number of hydrogen-bond acceptors (Lipinski definition) is 3. The van der Waals surface area contributed by atoms with Crippen LogP contribution in [-0.2, 0) is 0 Å². The Bertz CT molecular complexity index is 839. The van der Waals surface area contributed by atoms with Gasteiger partial charge in [0, 0.05) is 11.1 Å². The highest BCUT2D eigenvalue weighted by atomic mass is 19.4. The molecule has 1 aliphatic rings. The van der Waals surface area contributed by atoms with E-state index in [2.05, 4.69) is 4.74 Å². The van der Waals surface area contributed by atoms with Crippen molar-refractivity contribution in [1.29, 1.82) is 0 Å². The van der Waals surface area contributed by atoms with Crippen LogP contribution in [0.15, 0.2) is 76.5 Å². The third-order valence-electron chi connectivity index (χ3n) is 3.52. The molecule has 0 spiro atoms.